The zero-order valence-electron chi connectivity index (χ0n) is 12.3. The lowest BCUT2D eigenvalue weighted by Crippen LogP contribution is -2.13. The van der Waals surface area contributed by atoms with Crippen LogP contribution in [-0.2, 0) is 11.3 Å². The summed E-state index contributed by atoms with van der Waals surface area (Å²) in [6, 6.07) is 12.3. The zero-order chi connectivity index (χ0) is 17.1. The molecule has 0 radical (unpaired) electrons. The van der Waals surface area contributed by atoms with Crippen LogP contribution in [-0.4, -0.2) is 27.1 Å². The highest BCUT2D eigenvalue weighted by Gasteiger charge is 2.12. The van der Waals surface area contributed by atoms with E-state index in [9.17, 15) is 9.59 Å². The second kappa shape index (κ2) is 6.59. The summed E-state index contributed by atoms with van der Waals surface area (Å²) in [4.78, 5) is 22.8. The minimum Gasteiger partial charge on any atom is -0.463 e. The molecule has 2 aromatic carbocycles. The molecule has 0 bridgehead atoms. The molecule has 1 amide bonds. The lowest BCUT2D eigenvalue weighted by Gasteiger charge is -2.08. The van der Waals surface area contributed by atoms with Crippen LogP contribution in [0, 0.1) is 0 Å². The minimum absolute atomic E-state index is 0.128. The van der Waals surface area contributed by atoms with Gasteiger partial charge >= 0.3 is 12.2 Å². The molecule has 122 valence electrons. The lowest BCUT2D eigenvalue weighted by molar-refractivity contribution is 0.155. The number of benzene rings is 2. The summed E-state index contributed by atoms with van der Waals surface area (Å²) < 4.78 is 5.90. The standard InChI is InChI=1S/C16H12ClN3O4/c17-12-7-13-11(8-20(19-13)16(22)23)6-14(12)18-15(21)24-9-10-4-2-1-3-5-10/h1-8H,9H2,(H,18,21)(H,22,23). The van der Waals surface area contributed by atoms with Crippen molar-refractivity contribution < 1.29 is 19.4 Å². The zero-order valence-corrected chi connectivity index (χ0v) is 13.0. The van der Waals surface area contributed by atoms with E-state index in [0.717, 1.165) is 10.2 Å². The first kappa shape index (κ1) is 15.8. The smallest absolute Gasteiger partial charge is 0.432 e. The molecular weight excluding hydrogens is 334 g/mol. The van der Waals surface area contributed by atoms with Crippen molar-refractivity contribution >= 4 is 40.4 Å². The Morgan fingerprint density at radius 1 is 1.25 bits per heavy atom. The Kier molecular flexibility index (Phi) is 4.35. The van der Waals surface area contributed by atoms with Crippen LogP contribution in [0.15, 0.2) is 48.7 Å². The normalized spacial score (nSPS) is 10.5. The van der Waals surface area contributed by atoms with E-state index < -0.39 is 12.2 Å². The molecular formula is C16H12ClN3O4. The summed E-state index contributed by atoms with van der Waals surface area (Å²) in [6.45, 7) is 0.128. The number of carboxylic acid groups (broad SMARTS) is 1. The topological polar surface area (TPSA) is 93.5 Å². The quantitative estimate of drug-likeness (QED) is 0.749. The summed E-state index contributed by atoms with van der Waals surface area (Å²) >= 11 is 6.09. The summed E-state index contributed by atoms with van der Waals surface area (Å²) in [7, 11) is 0. The minimum atomic E-state index is -1.21. The molecule has 0 fully saturated rings. The van der Waals surface area contributed by atoms with Gasteiger partial charge in [0.2, 0.25) is 0 Å². The Balaban J connectivity index is 1.73. The first-order valence-electron chi connectivity index (χ1n) is 6.93. The molecule has 0 aliphatic carbocycles. The van der Waals surface area contributed by atoms with E-state index in [0.29, 0.717) is 16.6 Å². The molecule has 0 atom stereocenters. The molecule has 2 N–H and O–H groups in total. The fraction of sp³-hybridized carbons (Fsp3) is 0.0625. The van der Waals surface area contributed by atoms with Gasteiger partial charge in [0, 0.05) is 11.6 Å². The highest BCUT2D eigenvalue weighted by molar-refractivity contribution is 6.34. The number of nitrogens with zero attached hydrogens (tertiary/aromatic N) is 2. The average Bonchev–Trinajstić information content (AvgIpc) is 2.97. The maximum absolute atomic E-state index is 11.9. The van der Waals surface area contributed by atoms with E-state index in [1.54, 1.807) is 0 Å². The summed E-state index contributed by atoms with van der Waals surface area (Å²) in [5, 5.41) is 16.1. The predicted molar refractivity (Wildman–Crippen MR) is 88.4 cm³/mol. The van der Waals surface area contributed by atoms with E-state index in [-0.39, 0.29) is 11.6 Å². The number of rotatable bonds is 3. The molecule has 24 heavy (non-hydrogen) atoms. The summed E-state index contributed by atoms with van der Waals surface area (Å²) in [5.41, 5.74) is 1.58. The number of anilines is 1. The molecule has 1 aromatic heterocycles. The van der Waals surface area contributed by atoms with Gasteiger partial charge in [-0.1, -0.05) is 41.9 Å². The number of amides is 1. The maximum Gasteiger partial charge on any atom is 0.432 e. The molecule has 0 spiro atoms. The van der Waals surface area contributed by atoms with Crippen molar-refractivity contribution in [1.82, 2.24) is 9.78 Å². The number of carbonyl (C=O) groups is 2. The van der Waals surface area contributed by atoms with Crippen LogP contribution in [0.25, 0.3) is 10.9 Å². The van der Waals surface area contributed by atoms with Gasteiger partial charge in [-0.25, -0.2) is 9.59 Å². The van der Waals surface area contributed by atoms with Gasteiger partial charge in [-0.05, 0) is 17.7 Å². The number of aromatic nitrogens is 2. The van der Waals surface area contributed by atoms with E-state index >= 15 is 0 Å². The molecule has 0 aliphatic heterocycles. The Bertz CT molecular complexity index is 908. The largest absolute Gasteiger partial charge is 0.463 e. The van der Waals surface area contributed by atoms with Crippen molar-refractivity contribution in [3.63, 3.8) is 0 Å². The first-order valence-corrected chi connectivity index (χ1v) is 7.30. The van der Waals surface area contributed by atoms with Gasteiger partial charge in [-0.3, -0.25) is 5.32 Å². The number of fused-ring (bicyclic) bond motifs is 1. The molecule has 0 unspecified atom stereocenters. The van der Waals surface area contributed by atoms with E-state index in [1.165, 1.54) is 18.3 Å². The Hall–Kier alpha value is -3.06. The molecule has 0 saturated heterocycles. The fourth-order valence-corrected chi connectivity index (χ4v) is 2.31. The van der Waals surface area contributed by atoms with Gasteiger partial charge in [0.25, 0.3) is 0 Å². The van der Waals surface area contributed by atoms with Crippen LogP contribution in [0.2, 0.25) is 5.02 Å². The summed E-state index contributed by atoms with van der Waals surface area (Å²) in [5.74, 6) is 0. The van der Waals surface area contributed by atoms with Crippen LogP contribution in [0.3, 0.4) is 0 Å². The van der Waals surface area contributed by atoms with E-state index in [1.807, 2.05) is 30.3 Å². The highest BCUT2D eigenvalue weighted by atomic mass is 35.5. The number of hydrogen-bond acceptors (Lipinski definition) is 4. The van der Waals surface area contributed by atoms with E-state index in [4.69, 9.17) is 21.4 Å². The van der Waals surface area contributed by atoms with Crippen LogP contribution < -0.4 is 5.32 Å². The first-order chi connectivity index (χ1) is 11.5. The van der Waals surface area contributed by atoms with Crippen LogP contribution in [0.4, 0.5) is 15.3 Å². The molecule has 1 heterocycles. The van der Waals surface area contributed by atoms with Crippen molar-refractivity contribution in [3.05, 3.63) is 59.2 Å². The Morgan fingerprint density at radius 3 is 2.71 bits per heavy atom. The third-order valence-corrected chi connectivity index (χ3v) is 3.55. The van der Waals surface area contributed by atoms with E-state index in [2.05, 4.69) is 10.4 Å². The van der Waals surface area contributed by atoms with Gasteiger partial charge in [0.15, 0.2) is 0 Å². The molecule has 3 rings (SSSR count). The number of hydrogen-bond donors (Lipinski definition) is 2. The number of halogens is 1. The molecule has 0 saturated carbocycles. The average molecular weight is 346 g/mol. The van der Waals surface area contributed by atoms with Crippen molar-refractivity contribution in [2.45, 2.75) is 6.61 Å². The van der Waals surface area contributed by atoms with Gasteiger partial charge in [0.05, 0.1) is 16.2 Å². The molecule has 0 aliphatic rings. The van der Waals surface area contributed by atoms with Gasteiger partial charge < -0.3 is 9.84 Å². The molecule has 3 aromatic rings. The second-order valence-corrected chi connectivity index (χ2v) is 5.34. The number of carbonyl (C=O) groups excluding carboxylic acids is 1. The fourth-order valence-electron chi connectivity index (χ4n) is 2.11. The van der Waals surface area contributed by atoms with Crippen molar-refractivity contribution in [2.75, 3.05) is 5.32 Å². The Labute approximate surface area is 141 Å². The number of ether oxygens (including phenoxy) is 1. The number of nitrogens with one attached hydrogen (secondary N) is 1. The SMILES string of the molecule is O=C(Nc1cc2cn(C(=O)O)nc2cc1Cl)OCc1ccccc1. The lowest BCUT2D eigenvalue weighted by atomic mass is 10.2. The van der Waals surface area contributed by atoms with Crippen molar-refractivity contribution in [2.24, 2.45) is 0 Å². The molecule has 7 nitrogen and oxygen atoms in total. The van der Waals surface area contributed by atoms with Crippen LogP contribution in [0.5, 0.6) is 0 Å². The second-order valence-electron chi connectivity index (χ2n) is 4.93. The molecule has 8 heteroatoms. The third kappa shape index (κ3) is 3.47. The van der Waals surface area contributed by atoms with Crippen molar-refractivity contribution in [1.29, 1.82) is 0 Å². The van der Waals surface area contributed by atoms with Crippen LogP contribution in [0.1, 0.15) is 5.56 Å². The van der Waals surface area contributed by atoms with Gasteiger partial charge in [-0.15, -0.1) is 0 Å². The third-order valence-electron chi connectivity index (χ3n) is 3.24. The Morgan fingerprint density at radius 2 is 2.00 bits per heavy atom. The maximum atomic E-state index is 11.9. The monoisotopic (exact) mass is 345 g/mol. The van der Waals surface area contributed by atoms with Crippen LogP contribution >= 0.6 is 11.6 Å². The van der Waals surface area contributed by atoms with Crippen molar-refractivity contribution in [3.8, 4) is 0 Å². The summed E-state index contributed by atoms with van der Waals surface area (Å²) in [6.07, 6.45) is -0.543. The van der Waals surface area contributed by atoms with Gasteiger partial charge in [0.1, 0.15) is 6.61 Å². The van der Waals surface area contributed by atoms with Gasteiger partial charge in [-0.2, -0.15) is 9.78 Å². The predicted octanol–water partition coefficient (Wildman–Crippen LogP) is 3.96. The highest BCUT2D eigenvalue weighted by Crippen LogP contribution is 2.27.